The van der Waals surface area contributed by atoms with E-state index in [4.69, 9.17) is 4.74 Å². The molecule has 0 saturated heterocycles. The smallest absolute Gasteiger partial charge is 0.415 e. The van der Waals surface area contributed by atoms with Gasteiger partial charge in [-0.3, -0.25) is 9.69 Å². The van der Waals surface area contributed by atoms with E-state index in [0.29, 0.717) is 17.7 Å². The van der Waals surface area contributed by atoms with Crippen LogP contribution in [0.4, 0.5) is 10.5 Å². The summed E-state index contributed by atoms with van der Waals surface area (Å²) >= 11 is 0. The Hall–Kier alpha value is -2.62. The van der Waals surface area contributed by atoms with Crippen molar-refractivity contribution in [2.45, 2.75) is 51.7 Å². The summed E-state index contributed by atoms with van der Waals surface area (Å²) in [6.07, 6.45) is 1.86. The second-order valence-electron chi connectivity index (χ2n) is 7.63. The lowest BCUT2D eigenvalue weighted by Crippen LogP contribution is -2.43. The molecule has 2 aromatic carbocycles. The van der Waals surface area contributed by atoms with Crippen molar-refractivity contribution >= 4 is 17.6 Å². The molecule has 1 amide bonds. The summed E-state index contributed by atoms with van der Waals surface area (Å²) in [5, 5.41) is 0. The van der Waals surface area contributed by atoms with Crippen LogP contribution < -0.4 is 4.90 Å². The molecule has 4 heteroatoms. The van der Waals surface area contributed by atoms with Crippen LogP contribution in [-0.4, -0.2) is 23.5 Å². The number of nitrogens with zero attached hydrogens (tertiary/aromatic N) is 1. The number of benzene rings is 2. The van der Waals surface area contributed by atoms with E-state index in [1.807, 2.05) is 57.2 Å². The number of ether oxygens (including phenoxy) is 1. The highest BCUT2D eigenvalue weighted by molar-refractivity contribution is 6.16. The topological polar surface area (TPSA) is 46.6 Å². The van der Waals surface area contributed by atoms with Gasteiger partial charge in [0.15, 0.2) is 5.78 Å². The molecule has 136 valence electrons. The molecule has 0 saturated carbocycles. The molecular formula is C22H25NO3. The van der Waals surface area contributed by atoms with E-state index in [2.05, 4.69) is 12.1 Å². The lowest BCUT2D eigenvalue weighted by atomic mass is 10.0. The van der Waals surface area contributed by atoms with Gasteiger partial charge in [0.25, 0.3) is 0 Å². The number of hydrogen-bond acceptors (Lipinski definition) is 3. The number of fused-ring (bicyclic) bond motifs is 1. The van der Waals surface area contributed by atoms with Gasteiger partial charge in [0.2, 0.25) is 0 Å². The fraction of sp³-hybridized carbons (Fsp3) is 0.364. The molecule has 1 atom stereocenters. The van der Waals surface area contributed by atoms with Gasteiger partial charge >= 0.3 is 6.09 Å². The Bertz CT molecular complexity index is 793. The van der Waals surface area contributed by atoms with E-state index in [0.717, 1.165) is 12.8 Å². The third-order valence-electron chi connectivity index (χ3n) is 4.42. The van der Waals surface area contributed by atoms with Crippen LogP contribution in [0.3, 0.4) is 0 Å². The average Bonchev–Trinajstić information content (AvgIpc) is 2.87. The largest absolute Gasteiger partial charge is 0.443 e. The maximum absolute atomic E-state index is 12.9. The van der Waals surface area contributed by atoms with Gasteiger partial charge in [-0.05, 0) is 57.7 Å². The Morgan fingerprint density at radius 2 is 1.69 bits per heavy atom. The number of hydrogen-bond donors (Lipinski definition) is 0. The molecule has 0 fully saturated rings. The number of amides is 1. The summed E-state index contributed by atoms with van der Waals surface area (Å²) < 4.78 is 5.56. The third-order valence-corrected chi connectivity index (χ3v) is 4.42. The molecule has 1 aliphatic rings. The van der Waals surface area contributed by atoms with Crippen molar-refractivity contribution in [3.8, 4) is 0 Å². The number of para-hydroxylation sites is 1. The highest BCUT2D eigenvalue weighted by Gasteiger charge is 2.41. The van der Waals surface area contributed by atoms with Crippen molar-refractivity contribution in [2.24, 2.45) is 0 Å². The molecular weight excluding hydrogens is 326 g/mol. The van der Waals surface area contributed by atoms with Gasteiger partial charge in [-0.2, -0.15) is 0 Å². The van der Waals surface area contributed by atoms with Crippen molar-refractivity contribution in [3.05, 3.63) is 65.7 Å². The standard InChI is InChI=1S/C22H25NO3/c1-22(2,3)26-21(25)23-18-14-8-7-13-17(18)20(24)19(23)15-9-12-16-10-5-4-6-11-16/h4-8,10-11,13-14,19H,9,12,15H2,1-3H3. The SMILES string of the molecule is CC(C)(C)OC(=O)N1c2ccccc2C(=O)C1CCCc1ccccc1. The van der Waals surface area contributed by atoms with Crippen LogP contribution in [0.15, 0.2) is 54.6 Å². The lowest BCUT2D eigenvalue weighted by Gasteiger charge is -2.28. The van der Waals surface area contributed by atoms with Gasteiger partial charge in [0.1, 0.15) is 11.6 Å². The highest BCUT2D eigenvalue weighted by Crippen LogP contribution is 2.35. The average molecular weight is 351 g/mol. The molecule has 4 nitrogen and oxygen atoms in total. The quantitative estimate of drug-likeness (QED) is 0.777. The number of aryl methyl sites for hydroxylation is 1. The first-order chi connectivity index (χ1) is 12.4. The number of Topliss-reactive ketones (excluding diaryl/α,β-unsaturated/α-hetero) is 1. The normalized spacial score (nSPS) is 16.5. The van der Waals surface area contributed by atoms with Gasteiger partial charge in [-0.1, -0.05) is 42.5 Å². The van der Waals surface area contributed by atoms with Gasteiger partial charge in [-0.25, -0.2) is 4.79 Å². The molecule has 26 heavy (non-hydrogen) atoms. The number of carbonyl (C=O) groups is 2. The molecule has 1 unspecified atom stereocenters. The molecule has 0 spiro atoms. The van der Waals surface area contributed by atoms with E-state index in [1.165, 1.54) is 10.5 Å². The van der Waals surface area contributed by atoms with Crippen molar-refractivity contribution < 1.29 is 14.3 Å². The molecule has 1 aliphatic heterocycles. The van der Waals surface area contributed by atoms with E-state index < -0.39 is 17.7 Å². The molecule has 0 aliphatic carbocycles. The predicted molar refractivity (Wildman–Crippen MR) is 103 cm³/mol. The van der Waals surface area contributed by atoms with Crippen LogP contribution in [0.5, 0.6) is 0 Å². The summed E-state index contributed by atoms with van der Waals surface area (Å²) in [4.78, 5) is 27.2. The van der Waals surface area contributed by atoms with Gasteiger partial charge in [0.05, 0.1) is 5.69 Å². The van der Waals surface area contributed by atoms with Gasteiger partial charge in [0, 0.05) is 5.56 Å². The van der Waals surface area contributed by atoms with Gasteiger partial charge in [-0.15, -0.1) is 0 Å². The van der Waals surface area contributed by atoms with Crippen LogP contribution in [0.2, 0.25) is 0 Å². The monoisotopic (exact) mass is 351 g/mol. The number of rotatable bonds is 4. The third kappa shape index (κ3) is 3.96. The Balaban J connectivity index is 1.78. The second-order valence-corrected chi connectivity index (χ2v) is 7.63. The number of carbonyl (C=O) groups excluding carboxylic acids is 2. The molecule has 0 aromatic heterocycles. The van der Waals surface area contributed by atoms with Crippen LogP contribution >= 0.6 is 0 Å². The van der Waals surface area contributed by atoms with Crippen LogP contribution in [0.1, 0.15) is 49.5 Å². The zero-order valence-electron chi connectivity index (χ0n) is 15.6. The molecule has 1 heterocycles. The zero-order chi connectivity index (χ0) is 18.7. The number of ketones is 1. The lowest BCUT2D eigenvalue weighted by molar-refractivity contribution is 0.0559. The minimum atomic E-state index is -0.605. The summed E-state index contributed by atoms with van der Waals surface area (Å²) in [5.41, 5.74) is 1.88. The molecule has 0 radical (unpaired) electrons. The Morgan fingerprint density at radius 3 is 2.38 bits per heavy atom. The van der Waals surface area contributed by atoms with Crippen LogP contribution in [0, 0.1) is 0 Å². The van der Waals surface area contributed by atoms with Crippen molar-refractivity contribution in [3.63, 3.8) is 0 Å². The zero-order valence-corrected chi connectivity index (χ0v) is 15.6. The highest BCUT2D eigenvalue weighted by atomic mass is 16.6. The maximum atomic E-state index is 12.9. The summed E-state index contributed by atoms with van der Waals surface area (Å²) in [7, 11) is 0. The van der Waals surface area contributed by atoms with E-state index >= 15 is 0 Å². The summed E-state index contributed by atoms with van der Waals surface area (Å²) in [6, 6.07) is 17.0. The molecule has 3 rings (SSSR count). The van der Waals surface area contributed by atoms with Crippen molar-refractivity contribution in [1.29, 1.82) is 0 Å². The Kier molecular flexibility index (Phi) is 5.12. The fourth-order valence-corrected chi connectivity index (χ4v) is 3.30. The second kappa shape index (κ2) is 7.32. The van der Waals surface area contributed by atoms with E-state index in [-0.39, 0.29) is 5.78 Å². The molecule has 2 aromatic rings. The first kappa shape index (κ1) is 18.2. The summed E-state index contributed by atoms with van der Waals surface area (Å²) in [6.45, 7) is 5.50. The fourth-order valence-electron chi connectivity index (χ4n) is 3.30. The minimum Gasteiger partial charge on any atom is -0.443 e. The first-order valence-electron chi connectivity index (χ1n) is 9.06. The molecule has 0 bridgehead atoms. The van der Waals surface area contributed by atoms with Crippen LogP contribution in [-0.2, 0) is 11.2 Å². The summed E-state index contributed by atoms with van der Waals surface area (Å²) in [5.74, 6) is -0.000444. The van der Waals surface area contributed by atoms with Crippen molar-refractivity contribution in [1.82, 2.24) is 0 Å². The minimum absolute atomic E-state index is 0.000444. The Morgan fingerprint density at radius 1 is 1.04 bits per heavy atom. The van der Waals surface area contributed by atoms with E-state index in [1.54, 1.807) is 6.07 Å². The number of anilines is 1. The van der Waals surface area contributed by atoms with Gasteiger partial charge < -0.3 is 4.74 Å². The first-order valence-corrected chi connectivity index (χ1v) is 9.06. The molecule has 0 N–H and O–H groups in total. The maximum Gasteiger partial charge on any atom is 0.415 e. The predicted octanol–water partition coefficient (Wildman–Crippen LogP) is 5.02. The Labute approximate surface area is 154 Å². The van der Waals surface area contributed by atoms with Crippen molar-refractivity contribution in [2.75, 3.05) is 4.90 Å². The van der Waals surface area contributed by atoms with E-state index in [9.17, 15) is 9.59 Å². The van der Waals surface area contributed by atoms with Crippen LogP contribution in [0.25, 0.3) is 0 Å².